The molecule has 23 heavy (non-hydrogen) atoms. The molecule has 1 amide bonds. The van der Waals surface area contributed by atoms with Gasteiger partial charge in [-0.2, -0.15) is 0 Å². The van der Waals surface area contributed by atoms with Crippen LogP contribution < -0.4 is 10.8 Å². The second kappa shape index (κ2) is 5.07. The Morgan fingerprint density at radius 1 is 1.35 bits per heavy atom. The number of hydrogen-bond acceptors (Lipinski definition) is 4. The number of carbonyl (C=O) groups excluding carboxylic acids is 1. The van der Waals surface area contributed by atoms with E-state index in [2.05, 4.69) is 10.3 Å². The lowest BCUT2D eigenvalue weighted by Gasteiger charge is -2.32. The van der Waals surface area contributed by atoms with Crippen molar-refractivity contribution in [3.63, 3.8) is 0 Å². The summed E-state index contributed by atoms with van der Waals surface area (Å²) in [5.41, 5.74) is 0.658. The summed E-state index contributed by atoms with van der Waals surface area (Å²) < 4.78 is 35.6. The first-order valence-electron chi connectivity index (χ1n) is 8.94. The fourth-order valence-electron chi connectivity index (χ4n) is 2.65. The Morgan fingerprint density at radius 2 is 2.00 bits per heavy atom. The highest BCUT2D eigenvalue weighted by Gasteiger charge is 2.52. The second-order valence-electron chi connectivity index (χ2n) is 6.82. The minimum Gasteiger partial charge on any atom is -0.399 e. The van der Waals surface area contributed by atoms with E-state index in [0.29, 0.717) is 0 Å². The first-order valence-corrected chi connectivity index (χ1v) is 7.44. The number of rotatable bonds is 2. The number of carbonyl (C=O) groups is 1. The third-order valence-electron chi connectivity index (χ3n) is 4.66. The summed E-state index contributed by atoms with van der Waals surface area (Å²) in [6.07, 6.45) is 3.48. The van der Waals surface area contributed by atoms with E-state index >= 15 is 0 Å². The van der Waals surface area contributed by atoms with Crippen molar-refractivity contribution in [2.75, 3.05) is 5.32 Å². The maximum atomic E-state index is 11.7. The van der Waals surface area contributed by atoms with Crippen LogP contribution in [0.5, 0.6) is 0 Å². The van der Waals surface area contributed by atoms with Crippen LogP contribution >= 0.6 is 0 Å². The van der Waals surface area contributed by atoms with Gasteiger partial charge in [-0.1, -0.05) is 0 Å². The molecule has 1 N–H and O–H groups in total. The molecule has 1 aliphatic rings. The number of fused-ring (bicyclic) bond motifs is 1. The molecule has 0 unspecified atom stereocenters. The number of amides is 1. The van der Waals surface area contributed by atoms with Crippen molar-refractivity contribution in [1.82, 2.24) is 9.55 Å². The normalized spacial score (nSPS) is 21.8. The van der Waals surface area contributed by atoms with E-state index in [1.165, 1.54) is 0 Å². The Labute approximate surface area is 140 Å². The van der Waals surface area contributed by atoms with E-state index < -0.39 is 31.1 Å². The molecule has 3 rings (SSSR count). The molecular formula is C16H22BN3O3. The van der Waals surface area contributed by atoms with Crippen molar-refractivity contribution >= 4 is 35.2 Å². The first-order chi connectivity index (χ1) is 11.8. The van der Waals surface area contributed by atoms with Crippen molar-refractivity contribution in [3.05, 3.63) is 18.5 Å². The molecule has 1 aliphatic heterocycles. The summed E-state index contributed by atoms with van der Waals surface area (Å²) in [5.74, 6) is -0.903. The molecule has 7 heteroatoms. The summed E-state index contributed by atoms with van der Waals surface area (Å²) >= 11 is 0. The van der Waals surface area contributed by atoms with Crippen LogP contribution in [-0.2, 0) is 21.2 Å². The number of nitrogens with zero attached hydrogens (tertiary/aromatic N) is 2. The predicted octanol–water partition coefficient (Wildman–Crippen LogP) is 1.83. The Morgan fingerprint density at radius 3 is 2.61 bits per heavy atom. The van der Waals surface area contributed by atoms with Crippen molar-refractivity contribution in [2.24, 2.45) is 7.05 Å². The molecule has 0 aliphatic carbocycles. The van der Waals surface area contributed by atoms with Crippen molar-refractivity contribution < 1.29 is 18.2 Å². The fraction of sp³-hybridized carbons (Fsp3) is 0.500. The molecule has 0 saturated carbocycles. The van der Waals surface area contributed by atoms with E-state index in [-0.39, 0.29) is 5.82 Å². The third-order valence-corrected chi connectivity index (χ3v) is 4.66. The van der Waals surface area contributed by atoms with Crippen LogP contribution in [0.2, 0.25) is 0 Å². The van der Waals surface area contributed by atoms with Crippen LogP contribution in [0.4, 0.5) is 5.82 Å². The number of anilines is 1. The van der Waals surface area contributed by atoms with Crippen LogP contribution in [0.15, 0.2) is 18.5 Å². The van der Waals surface area contributed by atoms with Gasteiger partial charge in [0.1, 0.15) is 5.82 Å². The van der Waals surface area contributed by atoms with Gasteiger partial charge in [-0.25, -0.2) is 4.98 Å². The molecule has 2 aromatic rings. The molecular weight excluding hydrogens is 293 g/mol. The minimum absolute atomic E-state index is 0.169. The molecule has 2 aromatic heterocycles. The Kier molecular flexibility index (Phi) is 2.77. The van der Waals surface area contributed by atoms with E-state index in [0.717, 1.165) is 16.4 Å². The largest absolute Gasteiger partial charge is 0.497 e. The van der Waals surface area contributed by atoms with Gasteiger partial charge in [-0.05, 0) is 33.8 Å². The van der Waals surface area contributed by atoms with Gasteiger partial charge in [0, 0.05) is 35.1 Å². The average molecular weight is 318 g/mol. The van der Waals surface area contributed by atoms with Gasteiger partial charge in [0.05, 0.1) is 22.9 Å². The number of pyridine rings is 1. The summed E-state index contributed by atoms with van der Waals surface area (Å²) in [6.45, 7) is 5.16. The van der Waals surface area contributed by atoms with Gasteiger partial charge in [0.2, 0.25) is 5.91 Å². The van der Waals surface area contributed by atoms with E-state index in [4.69, 9.17) is 13.4 Å². The van der Waals surface area contributed by atoms with Gasteiger partial charge in [0.15, 0.2) is 0 Å². The van der Waals surface area contributed by atoms with Gasteiger partial charge < -0.3 is 19.2 Å². The molecule has 1 fully saturated rings. The zero-order valence-electron chi connectivity index (χ0n) is 16.9. The Balaban J connectivity index is 2.00. The van der Waals surface area contributed by atoms with Crippen molar-refractivity contribution in [3.8, 4) is 0 Å². The number of hydrogen-bond donors (Lipinski definition) is 1. The summed E-state index contributed by atoms with van der Waals surface area (Å²) in [6, 6.07) is 1.64. The third kappa shape index (κ3) is 2.64. The van der Waals surface area contributed by atoms with Crippen LogP contribution in [0, 0.1) is 0 Å². The Hall–Kier alpha value is -1.86. The second-order valence-corrected chi connectivity index (χ2v) is 6.82. The predicted molar refractivity (Wildman–Crippen MR) is 90.7 cm³/mol. The van der Waals surface area contributed by atoms with Crippen LogP contribution in [0.3, 0.4) is 0 Å². The number of nitrogens with one attached hydrogen (secondary N) is 1. The van der Waals surface area contributed by atoms with E-state index in [1.54, 1.807) is 12.3 Å². The van der Waals surface area contributed by atoms with E-state index in [9.17, 15) is 4.79 Å². The topological polar surface area (TPSA) is 65.4 Å². The smallest absolute Gasteiger partial charge is 0.399 e. The van der Waals surface area contributed by atoms with Crippen LogP contribution in [0.1, 0.15) is 38.7 Å². The van der Waals surface area contributed by atoms with Gasteiger partial charge in [-0.3, -0.25) is 4.79 Å². The highest BCUT2D eigenvalue weighted by atomic mass is 16.7. The summed E-state index contributed by atoms with van der Waals surface area (Å²) in [4.78, 5) is 15.9. The minimum atomic E-state index is -2.73. The van der Waals surface area contributed by atoms with Gasteiger partial charge in [0.25, 0.3) is 0 Å². The zero-order valence-corrected chi connectivity index (χ0v) is 13.9. The lowest BCUT2D eigenvalue weighted by atomic mass is 9.79. The summed E-state index contributed by atoms with van der Waals surface area (Å²) in [5, 5.41) is 3.11. The van der Waals surface area contributed by atoms with Crippen molar-refractivity contribution in [1.29, 1.82) is 0 Å². The molecule has 1 saturated heterocycles. The highest BCUT2D eigenvalue weighted by molar-refractivity contribution is 6.65. The SMILES string of the molecule is [2H]C([2H])([2H])C(=O)Nc1cc2c(B3OC(C)(C)C(C)(C)O3)cn(C)c2cn1. The van der Waals surface area contributed by atoms with Crippen LogP contribution in [0.25, 0.3) is 10.9 Å². The van der Waals surface area contributed by atoms with Crippen molar-refractivity contribution in [2.45, 2.75) is 45.7 Å². The monoisotopic (exact) mass is 318 g/mol. The average Bonchev–Trinajstić information content (AvgIpc) is 2.92. The van der Waals surface area contributed by atoms with Gasteiger partial charge >= 0.3 is 7.12 Å². The maximum Gasteiger partial charge on any atom is 0.497 e. The standard InChI is InChI=1S/C16H22BN3O3/c1-10(21)19-14-7-11-12(9-20(6)13(11)8-18-14)17-22-15(2,3)16(4,5)23-17/h7-9H,1-6H3,(H,18,19,21)/i1D3. The maximum absolute atomic E-state index is 11.7. The highest BCUT2D eigenvalue weighted by Crippen LogP contribution is 2.37. The molecule has 0 radical (unpaired) electrons. The van der Waals surface area contributed by atoms with E-state index in [1.807, 2.05) is 45.5 Å². The molecule has 0 bridgehead atoms. The quantitative estimate of drug-likeness (QED) is 0.858. The summed E-state index contributed by atoms with van der Waals surface area (Å²) in [7, 11) is 1.30. The molecule has 0 aromatic carbocycles. The molecule has 0 spiro atoms. The lowest BCUT2D eigenvalue weighted by Crippen LogP contribution is -2.41. The molecule has 3 heterocycles. The first kappa shape index (κ1) is 12.6. The number of aromatic nitrogens is 2. The fourth-order valence-corrected chi connectivity index (χ4v) is 2.65. The lowest BCUT2D eigenvalue weighted by molar-refractivity contribution is -0.114. The molecule has 0 atom stereocenters. The Bertz CT molecular complexity index is 861. The zero-order chi connectivity index (χ0) is 19.5. The molecule has 122 valence electrons. The molecule has 6 nitrogen and oxygen atoms in total. The van der Waals surface area contributed by atoms with Gasteiger partial charge in [-0.15, -0.1) is 0 Å². The number of aryl methyl sites for hydroxylation is 1. The van der Waals surface area contributed by atoms with Crippen LogP contribution in [-0.4, -0.2) is 33.8 Å².